The van der Waals surface area contributed by atoms with Crippen molar-refractivity contribution in [2.75, 3.05) is 0 Å². The Labute approximate surface area is 196 Å². The molecule has 0 radical (unpaired) electrons. The quantitative estimate of drug-likeness (QED) is 0.290. The van der Waals surface area contributed by atoms with Gasteiger partial charge in [-0.15, -0.1) is 0 Å². The Morgan fingerprint density at radius 2 is 1.21 bits per heavy atom. The van der Waals surface area contributed by atoms with Gasteiger partial charge in [0.05, 0.1) is 33.4 Å². The number of nitrogens with one attached hydrogen (secondary N) is 2. The van der Waals surface area contributed by atoms with E-state index in [0.29, 0.717) is 0 Å². The van der Waals surface area contributed by atoms with Crippen molar-refractivity contribution in [2.24, 2.45) is 10.2 Å². The first-order valence-corrected chi connectivity index (χ1v) is 9.94. The summed E-state index contributed by atoms with van der Waals surface area (Å²) in [5.74, 6) is -1.02. The average Bonchev–Trinajstić information content (AvgIpc) is 2.73. The summed E-state index contributed by atoms with van der Waals surface area (Å²) in [4.78, 5) is 44.4. The van der Waals surface area contributed by atoms with Crippen molar-refractivity contribution in [3.8, 4) is 0 Å². The van der Waals surface area contributed by atoms with Crippen LogP contribution in [0, 0.1) is 20.2 Å². The minimum absolute atomic E-state index is 0.0497. The second kappa shape index (κ2) is 12.2. The van der Waals surface area contributed by atoms with Crippen LogP contribution < -0.4 is 10.9 Å². The predicted octanol–water partition coefficient (Wildman–Crippen LogP) is 3.58. The first-order chi connectivity index (χ1) is 15.7. The maximum atomic E-state index is 11.8. The van der Waals surface area contributed by atoms with Gasteiger partial charge in [0.25, 0.3) is 11.4 Å². The third-order valence-electron chi connectivity index (χ3n) is 3.97. The number of carbonyl (C=O) groups is 2. The fraction of sp³-hybridized carbons (Fsp3) is 0.158. The summed E-state index contributed by atoms with van der Waals surface area (Å²) in [6.07, 6.45) is 2.26. The number of nitro groups is 2. The number of nitro benzene ring substituents is 2. The predicted molar refractivity (Wildman–Crippen MR) is 122 cm³/mol. The lowest BCUT2D eigenvalue weighted by molar-refractivity contribution is -0.385. The van der Waals surface area contributed by atoms with Crippen LogP contribution in [0.4, 0.5) is 11.4 Å². The lowest BCUT2D eigenvalue weighted by Gasteiger charge is -2.01. The molecule has 0 unspecified atom stereocenters. The second-order valence-electron chi connectivity index (χ2n) is 6.36. The van der Waals surface area contributed by atoms with Crippen LogP contribution in [-0.2, 0) is 9.59 Å². The molecule has 2 aromatic rings. The van der Waals surface area contributed by atoms with E-state index in [1.807, 2.05) is 0 Å². The zero-order chi connectivity index (χ0) is 24.4. The van der Waals surface area contributed by atoms with Crippen LogP contribution in [0.3, 0.4) is 0 Å². The minimum atomic E-state index is -0.606. The third-order valence-corrected chi connectivity index (χ3v) is 4.44. The van der Waals surface area contributed by atoms with Gasteiger partial charge >= 0.3 is 0 Å². The number of benzene rings is 2. The Bertz CT molecular complexity index is 1050. The Balaban J connectivity index is 1.78. The van der Waals surface area contributed by atoms with Crippen LogP contribution in [0.1, 0.15) is 30.4 Å². The van der Waals surface area contributed by atoms with Gasteiger partial charge in [-0.05, 0) is 30.7 Å². The first-order valence-electron chi connectivity index (χ1n) is 9.19. The topological polar surface area (TPSA) is 169 Å². The zero-order valence-corrected chi connectivity index (χ0v) is 18.2. The molecule has 0 aliphatic carbocycles. The van der Waals surface area contributed by atoms with Crippen LogP contribution in [-0.4, -0.2) is 34.1 Å². The molecule has 0 saturated carbocycles. The summed E-state index contributed by atoms with van der Waals surface area (Å²) in [6, 6.07) is 7.83. The van der Waals surface area contributed by atoms with E-state index in [9.17, 15) is 29.8 Å². The van der Waals surface area contributed by atoms with Crippen LogP contribution in [0.25, 0.3) is 0 Å². The molecule has 0 atom stereocenters. The number of hydrogen-bond donors (Lipinski definition) is 2. The molecule has 0 heterocycles. The molecule has 0 spiro atoms. The molecule has 0 aromatic heterocycles. The molecular weight excluding hydrogens is 479 g/mol. The fourth-order valence-electron chi connectivity index (χ4n) is 2.46. The van der Waals surface area contributed by atoms with Gasteiger partial charge in [-0.3, -0.25) is 29.8 Å². The number of carbonyl (C=O) groups excluding carboxylic acids is 2. The number of halogens is 2. The number of hydrazone groups is 2. The Morgan fingerprint density at radius 3 is 1.58 bits per heavy atom. The van der Waals surface area contributed by atoms with Crippen molar-refractivity contribution in [1.82, 2.24) is 10.9 Å². The van der Waals surface area contributed by atoms with Crippen molar-refractivity contribution in [1.29, 1.82) is 0 Å². The average molecular weight is 495 g/mol. The highest BCUT2D eigenvalue weighted by molar-refractivity contribution is 6.31. The zero-order valence-electron chi connectivity index (χ0n) is 16.7. The van der Waals surface area contributed by atoms with Crippen molar-refractivity contribution in [2.45, 2.75) is 19.3 Å². The second-order valence-corrected chi connectivity index (χ2v) is 7.23. The SMILES string of the molecule is O=C(CCCC(=O)N/N=C/c1cc(Cl)ccc1[N+](=O)[O-])NN=Cc1cc(Cl)ccc1[N+](=O)[O-]. The Morgan fingerprint density at radius 1 is 0.818 bits per heavy atom. The van der Waals surface area contributed by atoms with Crippen LogP contribution in [0.15, 0.2) is 46.6 Å². The summed E-state index contributed by atoms with van der Waals surface area (Å²) >= 11 is 11.6. The molecule has 12 nitrogen and oxygen atoms in total. The van der Waals surface area contributed by atoms with Gasteiger partial charge in [0.2, 0.25) is 11.8 Å². The normalized spacial score (nSPS) is 11.0. The molecule has 2 amide bonds. The monoisotopic (exact) mass is 494 g/mol. The number of nitrogens with zero attached hydrogens (tertiary/aromatic N) is 4. The van der Waals surface area contributed by atoms with E-state index in [-0.39, 0.29) is 51.8 Å². The molecule has 14 heteroatoms. The van der Waals surface area contributed by atoms with E-state index in [4.69, 9.17) is 23.2 Å². The number of amides is 2. The molecule has 2 rings (SSSR count). The van der Waals surface area contributed by atoms with Crippen molar-refractivity contribution >= 4 is 58.8 Å². The lowest BCUT2D eigenvalue weighted by atomic mass is 10.2. The van der Waals surface area contributed by atoms with Crippen molar-refractivity contribution in [3.05, 3.63) is 77.8 Å². The van der Waals surface area contributed by atoms with E-state index in [1.54, 1.807) is 0 Å². The van der Waals surface area contributed by atoms with E-state index in [2.05, 4.69) is 21.1 Å². The van der Waals surface area contributed by atoms with Crippen LogP contribution in [0.2, 0.25) is 10.0 Å². The van der Waals surface area contributed by atoms with E-state index >= 15 is 0 Å². The highest BCUT2D eigenvalue weighted by Crippen LogP contribution is 2.21. The molecule has 2 N–H and O–H groups in total. The van der Waals surface area contributed by atoms with E-state index in [1.165, 1.54) is 36.4 Å². The van der Waals surface area contributed by atoms with Gasteiger partial charge in [0.1, 0.15) is 0 Å². The number of hydrogen-bond acceptors (Lipinski definition) is 8. The Hall–Kier alpha value is -3.90. The van der Waals surface area contributed by atoms with E-state index in [0.717, 1.165) is 12.4 Å². The van der Waals surface area contributed by atoms with Gasteiger partial charge in [-0.25, -0.2) is 10.9 Å². The lowest BCUT2D eigenvalue weighted by Crippen LogP contribution is -2.20. The maximum Gasteiger partial charge on any atom is 0.278 e. The molecular formula is C19H16Cl2N6O6. The van der Waals surface area contributed by atoms with Gasteiger partial charge in [-0.1, -0.05) is 23.2 Å². The Kier molecular flexibility index (Phi) is 9.39. The smallest absolute Gasteiger partial charge is 0.273 e. The standard InChI is InChI=1S/C19H16Cl2N6O6/c20-14-4-6-16(26(30)31)12(8-14)10-22-24-18(28)2-1-3-19(29)25-23-11-13-9-15(21)5-7-17(13)27(32)33/h4-11H,1-3H2,(H,24,28)(H,25,29)/b22-10+,23-11?. The van der Waals surface area contributed by atoms with Crippen molar-refractivity contribution in [3.63, 3.8) is 0 Å². The maximum absolute atomic E-state index is 11.8. The first kappa shape index (κ1) is 25.4. The molecule has 2 aromatic carbocycles. The van der Waals surface area contributed by atoms with Gasteiger partial charge in [0.15, 0.2) is 0 Å². The van der Waals surface area contributed by atoms with E-state index < -0.39 is 21.7 Å². The van der Waals surface area contributed by atoms with Crippen molar-refractivity contribution < 1.29 is 19.4 Å². The summed E-state index contributed by atoms with van der Waals surface area (Å²) in [7, 11) is 0. The molecule has 0 aliphatic heterocycles. The summed E-state index contributed by atoms with van der Waals surface area (Å²) in [6.45, 7) is 0. The van der Waals surface area contributed by atoms with Gasteiger partial charge < -0.3 is 0 Å². The molecule has 0 saturated heterocycles. The van der Waals surface area contributed by atoms with Gasteiger partial charge in [-0.2, -0.15) is 10.2 Å². The largest absolute Gasteiger partial charge is 0.278 e. The molecule has 33 heavy (non-hydrogen) atoms. The molecule has 0 fully saturated rings. The third kappa shape index (κ3) is 8.27. The minimum Gasteiger partial charge on any atom is -0.273 e. The highest BCUT2D eigenvalue weighted by atomic mass is 35.5. The molecule has 0 aliphatic rings. The van der Waals surface area contributed by atoms with Gasteiger partial charge in [0, 0.05) is 35.0 Å². The summed E-state index contributed by atoms with van der Waals surface area (Å²) < 4.78 is 0. The van der Waals surface area contributed by atoms with Crippen LogP contribution >= 0.6 is 23.2 Å². The molecule has 0 bridgehead atoms. The highest BCUT2D eigenvalue weighted by Gasteiger charge is 2.13. The van der Waals surface area contributed by atoms with Crippen LogP contribution in [0.5, 0.6) is 0 Å². The number of rotatable bonds is 10. The fourth-order valence-corrected chi connectivity index (χ4v) is 2.82. The molecule has 172 valence electrons. The summed E-state index contributed by atoms with van der Waals surface area (Å²) in [5, 5.41) is 29.8. The summed E-state index contributed by atoms with van der Waals surface area (Å²) in [5.41, 5.74) is 4.19.